The molecule has 1 atom stereocenters. The second-order valence-corrected chi connectivity index (χ2v) is 9.01. The first-order valence-corrected chi connectivity index (χ1v) is 11.6. The molecule has 1 saturated heterocycles. The van der Waals surface area contributed by atoms with Gasteiger partial charge in [0.15, 0.2) is 0 Å². The van der Waals surface area contributed by atoms with Crippen molar-refractivity contribution in [3.05, 3.63) is 82.4 Å². The normalized spacial score (nSPS) is 16.0. The van der Waals surface area contributed by atoms with Crippen molar-refractivity contribution in [1.29, 1.82) is 0 Å². The minimum absolute atomic E-state index is 0.0698. The first-order valence-electron chi connectivity index (χ1n) is 11.2. The molecule has 3 heterocycles. The van der Waals surface area contributed by atoms with Crippen LogP contribution in [0.2, 0.25) is 5.02 Å². The molecule has 180 valence electrons. The van der Waals surface area contributed by atoms with Crippen LogP contribution in [-0.2, 0) is 11.8 Å². The maximum absolute atomic E-state index is 14.8. The number of aromatic hydroxyl groups is 1. The molecule has 0 saturated carbocycles. The van der Waals surface area contributed by atoms with Crippen molar-refractivity contribution >= 4 is 17.4 Å². The topological polar surface area (TPSA) is 72.5 Å². The van der Waals surface area contributed by atoms with Gasteiger partial charge in [-0.25, -0.2) is 14.2 Å². The highest BCUT2D eigenvalue weighted by molar-refractivity contribution is 6.32. The molecule has 9 heteroatoms. The summed E-state index contributed by atoms with van der Waals surface area (Å²) in [6.45, 7) is 4.02. The SMILES string of the molecule is C[C@@H]1CN(c2cc(-c3cc(F)cc(-c4ccc(-n5ccn(C)c5=O)c(Cl)c4)c3O)ccn2)CCO1. The summed E-state index contributed by atoms with van der Waals surface area (Å²) >= 11 is 6.49. The van der Waals surface area contributed by atoms with Crippen LogP contribution in [0.5, 0.6) is 5.75 Å². The Morgan fingerprint density at radius 1 is 1.11 bits per heavy atom. The average Bonchev–Trinajstić information content (AvgIpc) is 3.18. The molecule has 1 aliphatic heterocycles. The van der Waals surface area contributed by atoms with Crippen LogP contribution in [0, 0.1) is 5.82 Å². The largest absolute Gasteiger partial charge is 0.507 e. The summed E-state index contributed by atoms with van der Waals surface area (Å²) in [5.74, 6) is 0.175. The van der Waals surface area contributed by atoms with Gasteiger partial charge in [0, 0.05) is 49.9 Å². The van der Waals surface area contributed by atoms with E-state index in [1.165, 1.54) is 21.3 Å². The van der Waals surface area contributed by atoms with Crippen molar-refractivity contribution in [2.45, 2.75) is 13.0 Å². The number of rotatable bonds is 4. The Bertz CT molecular complexity index is 1470. The molecule has 2 aromatic heterocycles. The summed E-state index contributed by atoms with van der Waals surface area (Å²) in [6.07, 6.45) is 5.00. The molecular formula is C26H24ClFN4O3. The van der Waals surface area contributed by atoms with Gasteiger partial charge in [0.2, 0.25) is 0 Å². The van der Waals surface area contributed by atoms with Crippen LogP contribution in [0.3, 0.4) is 0 Å². The molecule has 5 rings (SSSR count). The fraction of sp³-hybridized carbons (Fsp3) is 0.231. The Hall–Kier alpha value is -3.62. The van der Waals surface area contributed by atoms with Crippen LogP contribution in [0.4, 0.5) is 10.2 Å². The summed E-state index contributed by atoms with van der Waals surface area (Å²) in [5.41, 5.74) is 2.08. The van der Waals surface area contributed by atoms with E-state index in [0.29, 0.717) is 52.7 Å². The van der Waals surface area contributed by atoms with Gasteiger partial charge in [-0.3, -0.25) is 4.57 Å². The zero-order valence-corrected chi connectivity index (χ0v) is 20.0. The summed E-state index contributed by atoms with van der Waals surface area (Å²) in [5, 5.41) is 11.5. The molecule has 0 spiro atoms. The van der Waals surface area contributed by atoms with Crippen LogP contribution in [0.1, 0.15) is 6.92 Å². The molecule has 35 heavy (non-hydrogen) atoms. The van der Waals surface area contributed by atoms with Gasteiger partial charge in [0.05, 0.1) is 23.4 Å². The smallest absolute Gasteiger partial charge is 0.332 e. The molecule has 7 nitrogen and oxygen atoms in total. The number of ether oxygens (including phenoxy) is 1. The summed E-state index contributed by atoms with van der Waals surface area (Å²) in [4.78, 5) is 18.9. The third-order valence-corrected chi connectivity index (χ3v) is 6.46. The molecule has 1 N–H and O–H groups in total. The highest BCUT2D eigenvalue weighted by Gasteiger charge is 2.20. The number of pyridine rings is 1. The van der Waals surface area contributed by atoms with Crippen LogP contribution in [-0.4, -0.2) is 45.0 Å². The standard InChI is InChI=1S/C26H24ClFN4O3/c1-16-15-31(9-10-35-16)24-12-18(5-6-29-24)21-14-19(28)13-20(25(21)33)17-3-4-23(22(27)11-17)32-8-7-30(2)26(32)34/h3-8,11-14,16,33H,9-10,15H2,1-2H3/t16-/m1/s1. The summed E-state index contributed by atoms with van der Waals surface area (Å²) in [7, 11) is 1.65. The van der Waals surface area contributed by atoms with E-state index in [0.717, 1.165) is 5.82 Å². The van der Waals surface area contributed by atoms with Crippen molar-refractivity contribution < 1.29 is 14.2 Å². The highest BCUT2D eigenvalue weighted by atomic mass is 35.5. The maximum Gasteiger partial charge on any atom is 0.332 e. The lowest BCUT2D eigenvalue weighted by atomic mass is 9.97. The van der Waals surface area contributed by atoms with Gasteiger partial charge >= 0.3 is 5.69 Å². The first kappa shape index (κ1) is 23.1. The van der Waals surface area contributed by atoms with Crippen LogP contribution < -0.4 is 10.6 Å². The third-order valence-electron chi connectivity index (χ3n) is 6.16. The van der Waals surface area contributed by atoms with E-state index in [-0.39, 0.29) is 17.5 Å². The number of benzene rings is 2. The molecule has 1 fully saturated rings. The molecule has 0 radical (unpaired) electrons. The van der Waals surface area contributed by atoms with Crippen molar-refractivity contribution in [1.82, 2.24) is 14.1 Å². The fourth-order valence-electron chi connectivity index (χ4n) is 4.34. The van der Waals surface area contributed by atoms with Crippen molar-refractivity contribution in [3.8, 4) is 33.7 Å². The minimum Gasteiger partial charge on any atom is -0.507 e. The molecular weight excluding hydrogens is 471 g/mol. The van der Waals surface area contributed by atoms with E-state index >= 15 is 0 Å². The highest BCUT2D eigenvalue weighted by Crippen LogP contribution is 2.41. The Balaban J connectivity index is 1.54. The number of hydrogen-bond acceptors (Lipinski definition) is 5. The molecule has 2 aromatic carbocycles. The van der Waals surface area contributed by atoms with Gasteiger partial charge in [0.1, 0.15) is 17.4 Å². The Labute approximate surface area is 206 Å². The van der Waals surface area contributed by atoms with E-state index < -0.39 is 5.82 Å². The van der Waals surface area contributed by atoms with Crippen molar-refractivity contribution in [3.63, 3.8) is 0 Å². The third kappa shape index (κ3) is 4.42. The number of nitrogens with zero attached hydrogens (tertiary/aromatic N) is 4. The zero-order chi connectivity index (χ0) is 24.7. The zero-order valence-electron chi connectivity index (χ0n) is 19.3. The Kier molecular flexibility index (Phi) is 6.08. The predicted molar refractivity (Wildman–Crippen MR) is 134 cm³/mol. The van der Waals surface area contributed by atoms with E-state index in [1.807, 2.05) is 13.0 Å². The van der Waals surface area contributed by atoms with E-state index in [9.17, 15) is 14.3 Å². The first-order chi connectivity index (χ1) is 16.8. The quantitative estimate of drug-likeness (QED) is 0.448. The van der Waals surface area contributed by atoms with E-state index in [4.69, 9.17) is 16.3 Å². The van der Waals surface area contributed by atoms with E-state index in [1.54, 1.807) is 49.9 Å². The second kappa shape index (κ2) is 9.20. The van der Waals surface area contributed by atoms with Gasteiger partial charge in [-0.15, -0.1) is 0 Å². The van der Waals surface area contributed by atoms with Gasteiger partial charge < -0.3 is 19.3 Å². The summed E-state index contributed by atoms with van der Waals surface area (Å²) in [6, 6.07) is 11.1. The maximum atomic E-state index is 14.8. The van der Waals surface area contributed by atoms with Gasteiger partial charge in [-0.1, -0.05) is 17.7 Å². The molecule has 0 unspecified atom stereocenters. The Morgan fingerprint density at radius 3 is 2.51 bits per heavy atom. The van der Waals surface area contributed by atoms with Gasteiger partial charge in [-0.05, 0) is 54.4 Å². The monoisotopic (exact) mass is 494 g/mol. The van der Waals surface area contributed by atoms with E-state index in [2.05, 4.69) is 9.88 Å². The molecule has 1 aliphatic rings. The summed E-state index contributed by atoms with van der Waals surface area (Å²) < 4.78 is 23.2. The van der Waals surface area contributed by atoms with Gasteiger partial charge in [0.25, 0.3) is 0 Å². The molecule has 4 aromatic rings. The minimum atomic E-state index is -0.495. The van der Waals surface area contributed by atoms with Crippen LogP contribution >= 0.6 is 11.6 Å². The number of aryl methyl sites for hydroxylation is 1. The number of aromatic nitrogens is 3. The lowest BCUT2D eigenvalue weighted by Crippen LogP contribution is -2.41. The number of halogens is 2. The fourth-order valence-corrected chi connectivity index (χ4v) is 4.61. The van der Waals surface area contributed by atoms with Crippen molar-refractivity contribution in [2.75, 3.05) is 24.6 Å². The molecule has 0 amide bonds. The number of hydrogen-bond donors (Lipinski definition) is 1. The molecule has 0 bridgehead atoms. The number of anilines is 1. The number of phenols is 1. The van der Waals surface area contributed by atoms with Crippen LogP contribution in [0.25, 0.3) is 27.9 Å². The predicted octanol–water partition coefficient (Wildman–Crippen LogP) is 4.63. The van der Waals surface area contributed by atoms with Gasteiger partial charge in [-0.2, -0.15) is 0 Å². The number of morpholine rings is 1. The number of phenolic OH excluding ortho intramolecular Hbond substituents is 1. The second-order valence-electron chi connectivity index (χ2n) is 8.61. The Morgan fingerprint density at radius 2 is 1.86 bits per heavy atom. The number of imidazole rings is 1. The average molecular weight is 495 g/mol. The lowest BCUT2D eigenvalue weighted by Gasteiger charge is -2.32. The molecule has 0 aliphatic carbocycles. The van der Waals surface area contributed by atoms with Crippen molar-refractivity contribution in [2.24, 2.45) is 7.05 Å². The lowest BCUT2D eigenvalue weighted by molar-refractivity contribution is 0.0529. The van der Waals surface area contributed by atoms with Crippen LogP contribution in [0.15, 0.2) is 65.8 Å².